The lowest BCUT2D eigenvalue weighted by Gasteiger charge is -2.14. The minimum absolute atomic E-state index is 0.583. The van der Waals surface area contributed by atoms with E-state index in [1.807, 2.05) is 61.6 Å². The fraction of sp³-hybridized carbons (Fsp3) is 0.0377. The lowest BCUT2D eigenvalue weighted by molar-refractivity contribution is 0.955. The molecule has 5 heteroatoms. The molecule has 3 aromatic heterocycles. The fourth-order valence-corrected chi connectivity index (χ4v) is 10.1. The molecule has 0 unspecified atom stereocenters. The van der Waals surface area contributed by atoms with E-state index >= 15 is 0 Å². The quantitative estimate of drug-likeness (QED) is 0.168. The summed E-state index contributed by atoms with van der Waals surface area (Å²) in [6, 6.07) is 64.8. The zero-order valence-electron chi connectivity index (χ0n) is 32.0. The first kappa shape index (κ1) is 34.1. The van der Waals surface area contributed by atoms with Crippen molar-refractivity contribution in [2.45, 2.75) is 13.8 Å². The molecule has 0 saturated carbocycles. The minimum atomic E-state index is 0.583. The molecule has 58 heavy (non-hydrogen) atoms. The molecule has 0 aliphatic rings. The van der Waals surface area contributed by atoms with Gasteiger partial charge in [0, 0.05) is 58.6 Å². The second-order valence-electron chi connectivity index (χ2n) is 14.3. The van der Waals surface area contributed by atoms with Crippen LogP contribution in [0, 0.1) is 0 Å². The predicted molar refractivity (Wildman–Crippen MR) is 247 cm³/mol. The summed E-state index contributed by atoms with van der Waals surface area (Å²) in [5, 5.41) is 12.2. The van der Waals surface area contributed by atoms with E-state index in [4.69, 9.17) is 15.0 Å². The normalized spacial score (nSPS) is 11.6. The van der Waals surface area contributed by atoms with Gasteiger partial charge in [-0.15, -0.1) is 11.3 Å². The predicted octanol–water partition coefficient (Wildman–Crippen LogP) is 14.8. The molecule has 0 N–H and O–H groups in total. The third-order valence-electron chi connectivity index (χ3n) is 11.2. The maximum Gasteiger partial charge on any atom is 0.238 e. The van der Waals surface area contributed by atoms with E-state index in [9.17, 15) is 0 Å². The van der Waals surface area contributed by atoms with Gasteiger partial charge in [0.25, 0.3) is 0 Å². The Morgan fingerprint density at radius 3 is 1.60 bits per heavy atom. The Balaban J connectivity index is 0.00000190. The van der Waals surface area contributed by atoms with Gasteiger partial charge < -0.3 is 0 Å². The highest BCUT2D eigenvalue weighted by Gasteiger charge is 2.25. The van der Waals surface area contributed by atoms with Crippen LogP contribution in [0.5, 0.6) is 0 Å². The summed E-state index contributed by atoms with van der Waals surface area (Å²) in [6.07, 6.45) is 0. The molecular weight excluding hydrogens is 725 g/mol. The molecular formula is C53H36N4S. The van der Waals surface area contributed by atoms with E-state index in [-0.39, 0.29) is 0 Å². The van der Waals surface area contributed by atoms with Crippen LogP contribution in [0.4, 0.5) is 0 Å². The number of hydrogen-bond donors (Lipinski definition) is 0. The van der Waals surface area contributed by atoms with E-state index in [1.165, 1.54) is 58.1 Å². The summed E-state index contributed by atoms with van der Waals surface area (Å²) < 4.78 is 4.88. The van der Waals surface area contributed by atoms with Crippen LogP contribution in [0.3, 0.4) is 0 Å². The van der Waals surface area contributed by atoms with Gasteiger partial charge in [-0.25, -0.2) is 4.98 Å². The van der Waals surface area contributed by atoms with Gasteiger partial charge in [-0.05, 0) is 33.0 Å². The van der Waals surface area contributed by atoms with Crippen molar-refractivity contribution in [1.82, 2.24) is 19.5 Å². The van der Waals surface area contributed by atoms with Crippen LogP contribution >= 0.6 is 11.3 Å². The van der Waals surface area contributed by atoms with Crippen LogP contribution in [0.15, 0.2) is 182 Å². The lowest BCUT2D eigenvalue weighted by atomic mass is 9.95. The molecule has 274 valence electrons. The van der Waals surface area contributed by atoms with Crippen LogP contribution in [0.2, 0.25) is 0 Å². The molecule has 12 aromatic rings. The Morgan fingerprint density at radius 1 is 0.379 bits per heavy atom. The van der Waals surface area contributed by atoms with Crippen LogP contribution in [0.1, 0.15) is 13.8 Å². The highest BCUT2D eigenvalue weighted by atomic mass is 32.1. The summed E-state index contributed by atoms with van der Waals surface area (Å²) >= 11 is 1.87. The second-order valence-corrected chi connectivity index (χ2v) is 15.4. The third kappa shape index (κ3) is 5.17. The highest BCUT2D eigenvalue weighted by molar-refractivity contribution is 7.26. The summed E-state index contributed by atoms with van der Waals surface area (Å²) in [5.41, 5.74) is 6.36. The number of fused-ring (bicyclic) bond motifs is 13. The summed E-state index contributed by atoms with van der Waals surface area (Å²) in [4.78, 5) is 15.8. The molecule has 0 radical (unpaired) electrons. The standard InChI is InChI=1S/C51H30N4S.C2H6/c1-3-16-32(17-4-1)49-52-50(33-18-5-2-6-19-33)54-51(53-49)55-46-39(40-26-14-28-42-44-34-20-8-7-15-31(34)29-30-43(44)56-48(40)42)25-13-27-41(46)45-37-23-11-9-21-35(37)36-22-10-12-24-38(36)47(45)55;1-2/h1-30H;1-2H3. The maximum absolute atomic E-state index is 5.37. The largest absolute Gasteiger partial charge is 0.277 e. The molecule has 0 saturated heterocycles. The first-order valence-corrected chi connectivity index (χ1v) is 20.7. The number of aromatic nitrogens is 4. The van der Waals surface area contributed by atoms with Gasteiger partial charge in [-0.1, -0.05) is 190 Å². The average Bonchev–Trinajstić information content (AvgIpc) is 3.88. The molecule has 4 nitrogen and oxygen atoms in total. The van der Waals surface area contributed by atoms with E-state index in [0.29, 0.717) is 17.6 Å². The van der Waals surface area contributed by atoms with Gasteiger partial charge in [0.15, 0.2) is 11.6 Å². The highest BCUT2D eigenvalue weighted by Crippen LogP contribution is 2.48. The fourth-order valence-electron chi connectivity index (χ4n) is 8.82. The van der Waals surface area contributed by atoms with Gasteiger partial charge in [-0.2, -0.15) is 9.97 Å². The van der Waals surface area contributed by atoms with E-state index in [1.54, 1.807) is 0 Å². The average molecular weight is 761 g/mol. The molecule has 0 fully saturated rings. The summed E-state index contributed by atoms with van der Waals surface area (Å²) in [5.74, 6) is 1.84. The number of hydrogen-bond acceptors (Lipinski definition) is 4. The topological polar surface area (TPSA) is 43.6 Å². The zero-order chi connectivity index (χ0) is 38.7. The van der Waals surface area contributed by atoms with Crippen molar-refractivity contribution in [3.63, 3.8) is 0 Å². The zero-order valence-corrected chi connectivity index (χ0v) is 32.8. The van der Waals surface area contributed by atoms with Crippen molar-refractivity contribution >= 4 is 85.6 Å². The van der Waals surface area contributed by atoms with E-state index in [0.717, 1.165) is 38.5 Å². The Labute approximate surface area is 339 Å². The van der Waals surface area contributed by atoms with Crippen molar-refractivity contribution in [2.75, 3.05) is 0 Å². The second kappa shape index (κ2) is 13.8. The first-order chi connectivity index (χ1) is 28.8. The SMILES string of the molecule is CC.c1ccc(-c2nc(-c3ccccc3)nc(-n3c4c(-c5cccc6c5sc5ccc7ccccc7c56)cccc4c4c5ccccc5c5ccccc5c43)n2)cc1. The van der Waals surface area contributed by atoms with E-state index in [2.05, 4.69) is 150 Å². The Morgan fingerprint density at radius 2 is 0.914 bits per heavy atom. The number of thiophene rings is 1. The Kier molecular flexibility index (Phi) is 8.09. The number of para-hydroxylation sites is 1. The smallest absolute Gasteiger partial charge is 0.238 e. The number of nitrogens with zero attached hydrogens (tertiary/aromatic N) is 4. The van der Waals surface area contributed by atoms with Crippen LogP contribution in [-0.4, -0.2) is 19.5 Å². The monoisotopic (exact) mass is 760 g/mol. The van der Waals surface area contributed by atoms with Gasteiger partial charge >= 0.3 is 0 Å². The molecule has 0 spiro atoms. The summed E-state index contributed by atoms with van der Waals surface area (Å²) in [7, 11) is 0. The van der Waals surface area contributed by atoms with Gasteiger partial charge in [0.2, 0.25) is 5.95 Å². The Bertz CT molecular complexity index is 3470. The molecule has 0 amide bonds. The van der Waals surface area contributed by atoms with E-state index < -0.39 is 0 Å². The number of rotatable bonds is 4. The molecule has 3 heterocycles. The number of benzene rings is 9. The third-order valence-corrected chi connectivity index (χ3v) is 12.4. The molecule has 0 aliphatic heterocycles. The summed E-state index contributed by atoms with van der Waals surface area (Å²) in [6.45, 7) is 4.00. The molecule has 0 bridgehead atoms. The van der Waals surface area contributed by atoms with Crippen molar-refractivity contribution in [3.8, 4) is 39.9 Å². The van der Waals surface area contributed by atoms with Crippen LogP contribution in [-0.2, 0) is 0 Å². The van der Waals surface area contributed by atoms with Crippen molar-refractivity contribution < 1.29 is 0 Å². The maximum atomic E-state index is 5.37. The molecule has 12 rings (SSSR count). The van der Waals surface area contributed by atoms with Gasteiger partial charge in [-0.3, -0.25) is 4.57 Å². The van der Waals surface area contributed by atoms with Crippen molar-refractivity contribution in [1.29, 1.82) is 0 Å². The molecule has 0 atom stereocenters. The molecule has 9 aromatic carbocycles. The Hall–Kier alpha value is -7.21. The van der Waals surface area contributed by atoms with Crippen molar-refractivity contribution in [3.05, 3.63) is 182 Å². The van der Waals surface area contributed by atoms with Gasteiger partial charge in [0.05, 0.1) is 11.0 Å². The van der Waals surface area contributed by atoms with Gasteiger partial charge in [0.1, 0.15) is 0 Å². The van der Waals surface area contributed by atoms with Crippen LogP contribution in [0.25, 0.3) is 114 Å². The first-order valence-electron chi connectivity index (χ1n) is 19.9. The lowest BCUT2D eigenvalue weighted by Crippen LogP contribution is -2.07. The minimum Gasteiger partial charge on any atom is -0.277 e. The molecule has 0 aliphatic carbocycles. The van der Waals surface area contributed by atoms with Crippen molar-refractivity contribution in [2.24, 2.45) is 0 Å². The van der Waals surface area contributed by atoms with Crippen LogP contribution < -0.4 is 0 Å².